The molecule has 4 rings (SSSR count). The topological polar surface area (TPSA) is 108 Å². The average molecular weight is 401 g/mol. The third-order valence-electron chi connectivity index (χ3n) is 5.05. The van der Waals surface area contributed by atoms with Gasteiger partial charge >= 0.3 is 0 Å². The summed E-state index contributed by atoms with van der Waals surface area (Å²) in [5.74, 6) is 1.03. The molecule has 0 aliphatic heterocycles. The summed E-state index contributed by atoms with van der Waals surface area (Å²) in [6.07, 6.45) is 3.66. The molecule has 0 aliphatic rings. The maximum atomic E-state index is 11.9. The molecule has 152 valence electrons. The molecule has 0 radical (unpaired) electrons. The molecule has 1 amide bonds. The number of nitrogens with zero attached hydrogens (tertiary/aromatic N) is 4. The molecule has 0 aliphatic carbocycles. The first-order valence-corrected chi connectivity index (χ1v) is 9.65. The van der Waals surface area contributed by atoms with Crippen LogP contribution in [0.25, 0.3) is 22.3 Å². The molecule has 0 saturated carbocycles. The number of nitrogens with one attached hydrogen (secondary N) is 3. The monoisotopic (exact) mass is 401 g/mol. The van der Waals surface area contributed by atoms with Gasteiger partial charge in [0, 0.05) is 30.1 Å². The van der Waals surface area contributed by atoms with Gasteiger partial charge in [0.1, 0.15) is 6.33 Å². The van der Waals surface area contributed by atoms with Crippen LogP contribution < -0.4 is 10.6 Å². The van der Waals surface area contributed by atoms with E-state index in [9.17, 15) is 4.79 Å². The van der Waals surface area contributed by atoms with Crippen LogP contribution in [0, 0.1) is 0 Å². The predicted molar refractivity (Wildman–Crippen MR) is 116 cm³/mol. The number of carbonyl (C=O) groups is 1. The van der Waals surface area contributed by atoms with E-state index in [1.165, 1.54) is 6.33 Å². The second-order valence-electron chi connectivity index (χ2n) is 7.74. The van der Waals surface area contributed by atoms with Crippen LogP contribution in [0.3, 0.4) is 0 Å². The predicted octanol–water partition coefficient (Wildman–Crippen LogP) is 3.57. The summed E-state index contributed by atoms with van der Waals surface area (Å²) in [5.41, 5.74) is 3.43. The number of hydrogen-bond acceptors (Lipinski definition) is 6. The van der Waals surface area contributed by atoms with Crippen LogP contribution in [0.1, 0.15) is 25.8 Å². The number of H-pyrrole nitrogens is 1. The van der Waals surface area contributed by atoms with Crippen LogP contribution in [0.4, 0.5) is 11.6 Å². The lowest BCUT2D eigenvalue weighted by Crippen LogP contribution is -2.28. The highest BCUT2D eigenvalue weighted by Gasteiger charge is 2.24. The Kier molecular flexibility index (Phi) is 5.14. The SMILES string of the molecule is CNC(=O)CC(C)(C)c1cccc(-c2ncnc(Nc3ccc4[nH]ncc4c3)n2)c1. The smallest absolute Gasteiger partial charge is 0.230 e. The number of carbonyl (C=O) groups excluding carboxylic acids is 1. The van der Waals surface area contributed by atoms with Crippen molar-refractivity contribution in [2.75, 3.05) is 12.4 Å². The molecule has 0 fully saturated rings. The van der Waals surface area contributed by atoms with E-state index in [0.717, 1.165) is 27.7 Å². The second kappa shape index (κ2) is 7.90. The zero-order valence-corrected chi connectivity index (χ0v) is 17.1. The molecular formula is C22H23N7O. The standard InChI is InChI=1S/C22H23N7O/c1-22(2,11-19(30)23-3)16-6-4-5-14(9-16)20-24-13-25-21(28-20)27-17-7-8-18-15(10-17)12-26-29-18/h4-10,12-13H,11H2,1-3H3,(H,23,30)(H,26,29)(H,24,25,27,28). The average Bonchev–Trinajstić information content (AvgIpc) is 3.21. The minimum Gasteiger partial charge on any atom is -0.359 e. The van der Waals surface area contributed by atoms with Gasteiger partial charge in [0.15, 0.2) is 5.82 Å². The first-order valence-electron chi connectivity index (χ1n) is 9.65. The van der Waals surface area contributed by atoms with Gasteiger partial charge in [-0.15, -0.1) is 0 Å². The molecule has 0 unspecified atom stereocenters. The highest BCUT2D eigenvalue weighted by Crippen LogP contribution is 2.30. The lowest BCUT2D eigenvalue weighted by molar-refractivity contribution is -0.121. The maximum Gasteiger partial charge on any atom is 0.230 e. The van der Waals surface area contributed by atoms with Gasteiger partial charge in [-0.1, -0.05) is 32.0 Å². The van der Waals surface area contributed by atoms with Crippen molar-refractivity contribution < 1.29 is 4.79 Å². The van der Waals surface area contributed by atoms with Crippen LogP contribution in [-0.2, 0) is 10.2 Å². The van der Waals surface area contributed by atoms with Crippen LogP contribution in [-0.4, -0.2) is 38.1 Å². The number of aromatic nitrogens is 5. The molecule has 2 aromatic heterocycles. The van der Waals surface area contributed by atoms with Crippen LogP contribution >= 0.6 is 0 Å². The molecule has 0 atom stereocenters. The number of aromatic amines is 1. The van der Waals surface area contributed by atoms with E-state index in [1.807, 2.05) is 56.3 Å². The Balaban J connectivity index is 1.59. The van der Waals surface area contributed by atoms with Crippen molar-refractivity contribution in [3.05, 3.63) is 60.6 Å². The Bertz CT molecular complexity index is 1200. The highest BCUT2D eigenvalue weighted by molar-refractivity contribution is 5.82. The fraction of sp³-hybridized carbons (Fsp3) is 0.227. The van der Waals surface area contributed by atoms with Crippen molar-refractivity contribution >= 4 is 28.4 Å². The Labute approximate surface area is 174 Å². The summed E-state index contributed by atoms with van der Waals surface area (Å²) in [6, 6.07) is 13.8. The van der Waals surface area contributed by atoms with Gasteiger partial charge in [-0.2, -0.15) is 10.1 Å². The Hall–Kier alpha value is -3.81. The van der Waals surface area contributed by atoms with Gasteiger partial charge < -0.3 is 10.6 Å². The van der Waals surface area contributed by atoms with Crippen LogP contribution in [0.15, 0.2) is 55.0 Å². The van der Waals surface area contributed by atoms with Gasteiger partial charge in [-0.05, 0) is 35.2 Å². The lowest BCUT2D eigenvalue weighted by atomic mass is 9.80. The van der Waals surface area contributed by atoms with E-state index in [0.29, 0.717) is 18.2 Å². The summed E-state index contributed by atoms with van der Waals surface area (Å²) >= 11 is 0. The molecule has 8 heteroatoms. The lowest BCUT2D eigenvalue weighted by Gasteiger charge is -2.24. The summed E-state index contributed by atoms with van der Waals surface area (Å²) in [7, 11) is 1.65. The quantitative estimate of drug-likeness (QED) is 0.456. The van der Waals surface area contributed by atoms with Crippen molar-refractivity contribution in [1.29, 1.82) is 0 Å². The van der Waals surface area contributed by atoms with E-state index in [2.05, 4.69) is 35.8 Å². The largest absolute Gasteiger partial charge is 0.359 e. The van der Waals surface area contributed by atoms with Crippen molar-refractivity contribution in [2.24, 2.45) is 0 Å². The molecule has 30 heavy (non-hydrogen) atoms. The molecule has 3 N–H and O–H groups in total. The Morgan fingerprint density at radius 2 is 2.00 bits per heavy atom. The van der Waals surface area contributed by atoms with E-state index in [1.54, 1.807) is 13.2 Å². The number of fused-ring (bicyclic) bond motifs is 1. The molecule has 4 aromatic rings. The minimum atomic E-state index is -0.315. The second-order valence-corrected chi connectivity index (χ2v) is 7.74. The van der Waals surface area contributed by atoms with Crippen molar-refractivity contribution in [3.63, 3.8) is 0 Å². The Morgan fingerprint density at radius 3 is 2.83 bits per heavy atom. The van der Waals surface area contributed by atoms with Gasteiger partial charge in [0.05, 0.1) is 11.7 Å². The van der Waals surface area contributed by atoms with Crippen molar-refractivity contribution in [2.45, 2.75) is 25.7 Å². The Morgan fingerprint density at radius 1 is 1.13 bits per heavy atom. The van der Waals surface area contributed by atoms with Crippen LogP contribution in [0.5, 0.6) is 0 Å². The fourth-order valence-corrected chi connectivity index (χ4v) is 3.32. The van der Waals surface area contributed by atoms with Gasteiger partial charge in [0.25, 0.3) is 0 Å². The first kappa shape index (κ1) is 19.5. The first-order chi connectivity index (χ1) is 14.4. The number of hydrogen-bond donors (Lipinski definition) is 3. The minimum absolute atomic E-state index is 0.00615. The molecule has 2 aromatic carbocycles. The highest BCUT2D eigenvalue weighted by atomic mass is 16.1. The number of benzene rings is 2. The molecule has 0 bridgehead atoms. The van der Waals surface area contributed by atoms with E-state index in [-0.39, 0.29) is 11.3 Å². The summed E-state index contributed by atoms with van der Waals surface area (Å²) in [4.78, 5) is 25.0. The third kappa shape index (κ3) is 4.12. The number of anilines is 2. The molecular weight excluding hydrogens is 378 g/mol. The molecule has 8 nitrogen and oxygen atoms in total. The van der Waals surface area contributed by atoms with Crippen molar-refractivity contribution in [1.82, 2.24) is 30.5 Å². The van der Waals surface area contributed by atoms with Gasteiger partial charge in [-0.3, -0.25) is 9.89 Å². The van der Waals surface area contributed by atoms with E-state index >= 15 is 0 Å². The summed E-state index contributed by atoms with van der Waals surface area (Å²) in [5, 5.41) is 13.9. The van der Waals surface area contributed by atoms with Gasteiger partial charge in [0.2, 0.25) is 11.9 Å². The third-order valence-corrected chi connectivity index (χ3v) is 5.05. The fourth-order valence-electron chi connectivity index (χ4n) is 3.32. The number of amides is 1. The molecule has 0 spiro atoms. The van der Waals surface area contributed by atoms with E-state index in [4.69, 9.17) is 0 Å². The molecule has 2 heterocycles. The zero-order chi connectivity index (χ0) is 21.1. The zero-order valence-electron chi connectivity index (χ0n) is 17.1. The summed E-state index contributed by atoms with van der Waals surface area (Å²) < 4.78 is 0. The normalized spacial score (nSPS) is 11.4. The molecule has 0 saturated heterocycles. The number of rotatable bonds is 6. The maximum absolute atomic E-state index is 11.9. The van der Waals surface area contributed by atoms with Crippen molar-refractivity contribution in [3.8, 4) is 11.4 Å². The van der Waals surface area contributed by atoms with Gasteiger partial charge in [-0.25, -0.2) is 9.97 Å². The van der Waals surface area contributed by atoms with E-state index < -0.39 is 0 Å². The van der Waals surface area contributed by atoms with Crippen LogP contribution in [0.2, 0.25) is 0 Å². The summed E-state index contributed by atoms with van der Waals surface area (Å²) in [6.45, 7) is 4.10.